The third-order valence-corrected chi connectivity index (χ3v) is 4.56. The second-order valence-electron chi connectivity index (χ2n) is 5.33. The Morgan fingerprint density at radius 1 is 1.40 bits per heavy atom. The molecule has 0 bridgehead atoms. The average molecular weight is 296 g/mol. The molecule has 0 aromatic carbocycles. The zero-order chi connectivity index (χ0) is 13.8. The van der Waals surface area contributed by atoms with E-state index in [0.29, 0.717) is 13.2 Å². The molecule has 1 aromatic rings. The summed E-state index contributed by atoms with van der Waals surface area (Å²) in [6.07, 6.45) is 5.51. The van der Waals surface area contributed by atoms with Crippen molar-refractivity contribution in [3.63, 3.8) is 0 Å². The van der Waals surface area contributed by atoms with Gasteiger partial charge in [-0.1, -0.05) is 6.42 Å². The van der Waals surface area contributed by atoms with Crippen molar-refractivity contribution in [3.8, 4) is 0 Å². The smallest absolute Gasteiger partial charge is 0.319 e. The molecule has 1 saturated heterocycles. The summed E-state index contributed by atoms with van der Waals surface area (Å²) in [6, 6.07) is 3.58. The van der Waals surface area contributed by atoms with Crippen molar-refractivity contribution in [3.05, 3.63) is 17.5 Å². The van der Waals surface area contributed by atoms with E-state index in [1.807, 2.05) is 17.5 Å². The Balaban J connectivity index is 1.42. The Kier molecular flexibility index (Phi) is 4.24. The van der Waals surface area contributed by atoms with Crippen molar-refractivity contribution in [2.24, 2.45) is 0 Å². The van der Waals surface area contributed by atoms with Crippen LogP contribution in [0.4, 0.5) is 9.80 Å². The summed E-state index contributed by atoms with van der Waals surface area (Å²) in [5, 5.41) is 8.39. The minimum Gasteiger partial charge on any atom is -0.347 e. The quantitative estimate of drug-likeness (QED) is 0.901. The molecule has 20 heavy (non-hydrogen) atoms. The predicted octanol–water partition coefficient (Wildman–Crippen LogP) is 2.95. The monoisotopic (exact) mass is 296 g/mol. The predicted molar refractivity (Wildman–Crippen MR) is 78.0 cm³/mol. The van der Waals surface area contributed by atoms with Gasteiger partial charge >= 0.3 is 6.03 Å². The third-order valence-electron chi connectivity index (χ3n) is 3.78. The fourth-order valence-corrected chi connectivity index (χ4v) is 3.39. The van der Waals surface area contributed by atoms with Gasteiger partial charge in [0.25, 0.3) is 0 Å². The molecular formula is C14H20N2O3S. The summed E-state index contributed by atoms with van der Waals surface area (Å²) in [5.74, 6) is -0.366. The van der Waals surface area contributed by atoms with E-state index >= 15 is 0 Å². The number of hydrogen-bond donors (Lipinski definition) is 2. The summed E-state index contributed by atoms with van der Waals surface area (Å²) >= 11 is 1.50. The van der Waals surface area contributed by atoms with E-state index in [4.69, 9.17) is 9.47 Å². The lowest BCUT2D eigenvalue weighted by Crippen LogP contribution is -2.38. The second-order valence-corrected chi connectivity index (χ2v) is 6.28. The van der Waals surface area contributed by atoms with Crippen LogP contribution in [0.3, 0.4) is 0 Å². The molecule has 1 unspecified atom stereocenters. The van der Waals surface area contributed by atoms with E-state index in [1.165, 1.54) is 30.6 Å². The van der Waals surface area contributed by atoms with Crippen molar-refractivity contribution in [1.29, 1.82) is 0 Å². The van der Waals surface area contributed by atoms with Crippen LogP contribution in [0.15, 0.2) is 17.5 Å². The first-order valence-corrected chi connectivity index (χ1v) is 8.04. The highest BCUT2D eigenvalue weighted by Gasteiger charge is 2.42. The van der Waals surface area contributed by atoms with Crippen molar-refractivity contribution in [2.45, 2.75) is 44.0 Å². The van der Waals surface area contributed by atoms with Crippen LogP contribution < -0.4 is 10.6 Å². The zero-order valence-corrected chi connectivity index (χ0v) is 12.2. The first kappa shape index (κ1) is 13.9. The van der Waals surface area contributed by atoms with Crippen LogP contribution >= 0.6 is 11.3 Å². The molecule has 1 atom stereocenters. The molecule has 1 aliphatic carbocycles. The lowest BCUT2D eigenvalue weighted by molar-refractivity contribution is -0.186. The van der Waals surface area contributed by atoms with Crippen LogP contribution in [0.2, 0.25) is 0 Å². The van der Waals surface area contributed by atoms with E-state index in [0.717, 1.165) is 17.8 Å². The summed E-state index contributed by atoms with van der Waals surface area (Å²) < 4.78 is 11.9. The fraction of sp³-hybridized carbons (Fsp3) is 0.643. The molecule has 3 rings (SSSR count). The maximum absolute atomic E-state index is 11.7. The molecule has 6 heteroatoms. The Hall–Kier alpha value is -1.11. The number of nitrogens with one attached hydrogen (secondary N) is 2. The number of thiophene rings is 1. The largest absolute Gasteiger partial charge is 0.347 e. The third kappa shape index (κ3) is 3.31. The molecule has 2 heterocycles. The van der Waals surface area contributed by atoms with Gasteiger partial charge < -0.3 is 14.8 Å². The number of ether oxygens (including phenoxy) is 2. The van der Waals surface area contributed by atoms with Gasteiger partial charge in [0.2, 0.25) is 0 Å². The standard InChI is InChI=1S/C14H20N2O3S/c17-13(16-12-5-4-8-20-12)15-9-11-10-18-14(19-11)6-2-1-3-7-14/h4-5,8,11H,1-3,6-7,9-10H2,(H2,15,16,17). The molecular weight excluding hydrogens is 276 g/mol. The van der Waals surface area contributed by atoms with E-state index in [9.17, 15) is 4.79 Å². The molecule has 2 amide bonds. The molecule has 2 N–H and O–H groups in total. The fourth-order valence-electron chi connectivity index (χ4n) is 2.78. The molecule has 1 spiro atoms. The first-order valence-electron chi connectivity index (χ1n) is 7.16. The van der Waals surface area contributed by atoms with Gasteiger partial charge in [-0.15, -0.1) is 11.3 Å². The summed E-state index contributed by atoms with van der Waals surface area (Å²) in [5.41, 5.74) is 0. The lowest BCUT2D eigenvalue weighted by Gasteiger charge is -2.31. The van der Waals surface area contributed by atoms with E-state index < -0.39 is 0 Å². The highest BCUT2D eigenvalue weighted by molar-refractivity contribution is 7.14. The van der Waals surface area contributed by atoms with Gasteiger partial charge in [0.1, 0.15) is 6.10 Å². The maximum Gasteiger partial charge on any atom is 0.319 e. The Labute approximate surface area is 122 Å². The minimum absolute atomic E-state index is 0.0396. The SMILES string of the molecule is O=C(NCC1COC2(CCCCC2)O1)Nc1cccs1. The van der Waals surface area contributed by atoms with Crippen LogP contribution in [0, 0.1) is 0 Å². The summed E-state index contributed by atoms with van der Waals surface area (Å²) in [4.78, 5) is 11.7. The average Bonchev–Trinajstić information content (AvgIpc) is 3.08. The van der Waals surface area contributed by atoms with Crippen molar-refractivity contribution >= 4 is 22.4 Å². The van der Waals surface area contributed by atoms with Gasteiger partial charge in [0.15, 0.2) is 5.79 Å². The number of hydrogen-bond acceptors (Lipinski definition) is 4. The van der Waals surface area contributed by atoms with E-state index in [1.54, 1.807) is 0 Å². The van der Waals surface area contributed by atoms with Gasteiger partial charge in [-0.2, -0.15) is 0 Å². The van der Waals surface area contributed by atoms with Crippen LogP contribution in [0.5, 0.6) is 0 Å². The van der Waals surface area contributed by atoms with E-state index in [2.05, 4.69) is 10.6 Å². The van der Waals surface area contributed by atoms with Crippen LogP contribution in [0.1, 0.15) is 32.1 Å². The Morgan fingerprint density at radius 3 is 3.00 bits per heavy atom. The number of urea groups is 1. The maximum atomic E-state index is 11.7. The highest BCUT2D eigenvalue weighted by Crippen LogP contribution is 2.37. The summed E-state index contributed by atoms with van der Waals surface area (Å²) in [7, 11) is 0. The van der Waals surface area contributed by atoms with Gasteiger partial charge in [-0.3, -0.25) is 5.32 Å². The number of carbonyl (C=O) groups excluding carboxylic acids is 1. The molecule has 1 aromatic heterocycles. The normalized spacial score (nSPS) is 24.7. The van der Waals surface area contributed by atoms with E-state index in [-0.39, 0.29) is 17.9 Å². The second kappa shape index (κ2) is 6.11. The highest BCUT2D eigenvalue weighted by atomic mass is 32.1. The van der Waals surface area contributed by atoms with Gasteiger partial charge in [-0.05, 0) is 30.4 Å². The lowest BCUT2D eigenvalue weighted by atomic mass is 9.94. The van der Waals surface area contributed by atoms with Crippen LogP contribution in [-0.2, 0) is 9.47 Å². The molecule has 5 nitrogen and oxygen atoms in total. The molecule has 110 valence electrons. The van der Waals surface area contributed by atoms with Crippen molar-refractivity contribution in [1.82, 2.24) is 5.32 Å². The zero-order valence-electron chi connectivity index (χ0n) is 11.4. The minimum atomic E-state index is -0.366. The molecule has 2 aliphatic rings. The van der Waals surface area contributed by atoms with Gasteiger partial charge in [0.05, 0.1) is 11.6 Å². The van der Waals surface area contributed by atoms with Crippen LogP contribution in [0.25, 0.3) is 0 Å². The number of anilines is 1. The topological polar surface area (TPSA) is 59.6 Å². The molecule has 0 radical (unpaired) electrons. The molecule has 2 fully saturated rings. The molecule has 1 saturated carbocycles. The molecule has 1 aliphatic heterocycles. The Bertz CT molecular complexity index is 443. The Morgan fingerprint density at radius 2 is 2.25 bits per heavy atom. The first-order chi connectivity index (χ1) is 9.76. The van der Waals surface area contributed by atoms with Gasteiger partial charge in [0, 0.05) is 19.4 Å². The van der Waals surface area contributed by atoms with Gasteiger partial charge in [-0.25, -0.2) is 4.79 Å². The summed E-state index contributed by atoms with van der Waals surface area (Å²) in [6.45, 7) is 1.05. The van der Waals surface area contributed by atoms with Crippen LogP contribution in [-0.4, -0.2) is 31.1 Å². The van der Waals surface area contributed by atoms with Crippen molar-refractivity contribution in [2.75, 3.05) is 18.5 Å². The van der Waals surface area contributed by atoms with Crippen molar-refractivity contribution < 1.29 is 14.3 Å². The number of amides is 2. The number of rotatable bonds is 3. The number of carbonyl (C=O) groups is 1.